The van der Waals surface area contributed by atoms with Gasteiger partial charge in [0.2, 0.25) is 0 Å². The van der Waals surface area contributed by atoms with E-state index in [9.17, 15) is 0 Å². The molecule has 0 bridgehead atoms. The van der Waals surface area contributed by atoms with Gasteiger partial charge in [0.15, 0.2) is 0 Å². The third-order valence-corrected chi connectivity index (χ3v) is 6.43. The fraction of sp³-hybridized carbons (Fsp3) is 0.375. The number of nitriles is 1. The van der Waals surface area contributed by atoms with Gasteiger partial charge in [-0.25, -0.2) is 4.39 Å². The second kappa shape index (κ2) is 7.31. The van der Waals surface area contributed by atoms with Crippen molar-refractivity contribution in [2.24, 2.45) is 0 Å². The Morgan fingerprint density at radius 1 is 1.14 bits per heavy atom. The molecule has 1 heterocycles. The molecule has 1 aliphatic heterocycles. The molecule has 1 saturated carbocycles. The molecule has 0 radical (unpaired) electrons. The molecule has 4 rings (SSSR count). The molecule has 0 aromatic heterocycles. The van der Waals surface area contributed by atoms with E-state index >= 15 is 4.39 Å². The SMILES string of the molecule is C=C(c1ccc(C2CCC2)c(N)c1)N1CCC(F)(c2ccc(C#N)cc2)CC1. The molecule has 1 aliphatic carbocycles. The smallest absolute Gasteiger partial charge is 0.139 e. The number of nitrogen functional groups attached to an aromatic ring is 1. The van der Waals surface area contributed by atoms with E-state index in [4.69, 9.17) is 11.0 Å². The molecular weight excluding hydrogens is 349 g/mol. The minimum absolute atomic E-state index is 0.410. The summed E-state index contributed by atoms with van der Waals surface area (Å²) in [5.41, 5.74) is 10.2. The van der Waals surface area contributed by atoms with Gasteiger partial charge in [-0.15, -0.1) is 0 Å². The molecule has 4 heteroatoms. The van der Waals surface area contributed by atoms with Gasteiger partial charge in [-0.3, -0.25) is 0 Å². The molecule has 2 aliphatic rings. The maximum Gasteiger partial charge on any atom is 0.139 e. The van der Waals surface area contributed by atoms with Gasteiger partial charge in [-0.05, 0) is 53.6 Å². The number of likely N-dealkylation sites (tertiary alicyclic amines) is 1. The van der Waals surface area contributed by atoms with Crippen LogP contribution in [0.25, 0.3) is 5.70 Å². The molecule has 28 heavy (non-hydrogen) atoms. The molecule has 0 unspecified atom stereocenters. The fourth-order valence-corrected chi connectivity index (χ4v) is 4.29. The number of anilines is 1. The Morgan fingerprint density at radius 3 is 2.36 bits per heavy atom. The number of rotatable bonds is 4. The van der Waals surface area contributed by atoms with Crippen molar-refractivity contribution >= 4 is 11.4 Å². The first-order chi connectivity index (χ1) is 13.5. The van der Waals surface area contributed by atoms with E-state index in [0.717, 1.165) is 16.9 Å². The number of halogens is 1. The number of piperidine rings is 1. The highest BCUT2D eigenvalue weighted by Crippen LogP contribution is 2.41. The third-order valence-electron chi connectivity index (χ3n) is 6.43. The molecule has 0 atom stereocenters. The standard InChI is InChI=1S/C24H26FN3/c1-17(20-7-10-22(23(27)15-20)19-3-2-4-19)28-13-11-24(25,12-14-28)21-8-5-18(16-26)6-9-21/h5-10,15,19H,1-4,11-14,27H2. The third kappa shape index (κ3) is 3.38. The van der Waals surface area contributed by atoms with Crippen molar-refractivity contribution in [3.63, 3.8) is 0 Å². The van der Waals surface area contributed by atoms with E-state index in [0.29, 0.717) is 43.0 Å². The summed E-state index contributed by atoms with van der Waals surface area (Å²) < 4.78 is 15.5. The van der Waals surface area contributed by atoms with Gasteiger partial charge < -0.3 is 10.6 Å². The van der Waals surface area contributed by atoms with Crippen molar-refractivity contribution in [1.29, 1.82) is 5.26 Å². The van der Waals surface area contributed by atoms with Crippen molar-refractivity contribution in [1.82, 2.24) is 4.90 Å². The summed E-state index contributed by atoms with van der Waals surface area (Å²) in [4.78, 5) is 2.15. The molecule has 0 amide bonds. The van der Waals surface area contributed by atoms with E-state index in [1.807, 2.05) is 6.07 Å². The maximum absolute atomic E-state index is 15.5. The Hall–Kier alpha value is -2.80. The van der Waals surface area contributed by atoms with Crippen molar-refractivity contribution in [3.05, 3.63) is 71.3 Å². The van der Waals surface area contributed by atoms with Crippen molar-refractivity contribution in [2.45, 2.75) is 43.7 Å². The highest BCUT2D eigenvalue weighted by Gasteiger charge is 2.36. The highest BCUT2D eigenvalue weighted by molar-refractivity contribution is 5.67. The van der Waals surface area contributed by atoms with Crippen LogP contribution in [0.4, 0.5) is 10.1 Å². The van der Waals surface area contributed by atoms with Crippen molar-refractivity contribution in [3.8, 4) is 6.07 Å². The Kier molecular flexibility index (Phi) is 4.85. The van der Waals surface area contributed by atoms with Crippen LogP contribution in [0.15, 0.2) is 49.0 Å². The lowest BCUT2D eigenvalue weighted by Crippen LogP contribution is -2.39. The van der Waals surface area contributed by atoms with Crippen LogP contribution in [-0.4, -0.2) is 18.0 Å². The molecule has 0 spiro atoms. The van der Waals surface area contributed by atoms with Crippen molar-refractivity contribution in [2.75, 3.05) is 18.8 Å². The Bertz CT molecular complexity index is 914. The number of nitrogens with two attached hydrogens (primary N) is 1. The molecule has 3 nitrogen and oxygen atoms in total. The Balaban J connectivity index is 1.43. The quantitative estimate of drug-likeness (QED) is 0.734. The minimum atomic E-state index is -1.35. The van der Waals surface area contributed by atoms with E-state index in [-0.39, 0.29) is 0 Å². The molecule has 144 valence electrons. The molecule has 2 N–H and O–H groups in total. The van der Waals surface area contributed by atoms with E-state index in [1.165, 1.54) is 24.8 Å². The normalized spacial score (nSPS) is 18.9. The Labute approximate surface area is 166 Å². The summed E-state index contributed by atoms with van der Waals surface area (Å²) in [6.07, 6.45) is 4.56. The van der Waals surface area contributed by atoms with Gasteiger partial charge in [-0.2, -0.15) is 5.26 Å². The number of benzene rings is 2. The average Bonchev–Trinajstić information content (AvgIpc) is 2.68. The maximum atomic E-state index is 15.5. The zero-order valence-electron chi connectivity index (χ0n) is 16.1. The second-order valence-electron chi connectivity index (χ2n) is 8.06. The predicted molar refractivity (Wildman–Crippen MR) is 111 cm³/mol. The summed E-state index contributed by atoms with van der Waals surface area (Å²) in [5.74, 6) is 0.608. The zero-order valence-corrected chi connectivity index (χ0v) is 16.1. The number of nitrogens with zero attached hydrogens (tertiary/aromatic N) is 2. The highest BCUT2D eigenvalue weighted by atomic mass is 19.1. The van der Waals surface area contributed by atoms with Crippen LogP contribution in [-0.2, 0) is 5.67 Å². The predicted octanol–water partition coefficient (Wildman–Crippen LogP) is 5.34. The molecule has 2 aromatic rings. The lowest BCUT2D eigenvalue weighted by Gasteiger charge is -2.39. The first-order valence-corrected chi connectivity index (χ1v) is 10.0. The lowest BCUT2D eigenvalue weighted by atomic mass is 9.79. The first kappa shape index (κ1) is 18.6. The Morgan fingerprint density at radius 2 is 1.82 bits per heavy atom. The summed E-state index contributed by atoms with van der Waals surface area (Å²) in [5, 5.41) is 8.92. The van der Waals surface area contributed by atoms with Crippen LogP contribution in [0.1, 0.15) is 60.3 Å². The van der Waals surface area contributed by atoms with Crippen LogP contribution in [0.3, 0.4) is 0 Å². The summed E-state index contributed by atoms with van der Waals surface area (Å²) in [6, 6.07) is 15.2. The zero-order chi connectivity index (χ0) is 19.7. The summed E-state index contributed by atoms with van der Waals surface area (Å²) >= 11 is 0. The number of hydrogen-bond acceptors (Lipinski definition) is 3. The van der Waals surface area contributed by atoms with E-state index in [2.05, 4.69) is 29.7 Å². The van der Waals surface area contributed by atoms with Gasteiger partial charge in [-0.1, -0.05) is 37.3 Å². The van der Waals surface area contributed by atoms with Crippen LogP contribution >= 0.6 is 0 Å². The molecule has 2 fully saturated rings. The van der Waals surface area contributed by atoms with Crippen LogP contribution < -0.4 is 5.73 Å². The number of hydrogen-bond donors (Lipinski definition) is 1. The molecule has 2 aromatic carbocycles. The van der Waals surface area contributed by atoms with Gasteiger partial charge in [0.1, 0.15) is 5.67 Å². The molecule has 1 saturated heterocycles. The topological polar surface area (TPSA) is 53.0 Å². The number of alkyl halides is 1. The van der Waals surface area contributed by atoms with Gasteiger partial charge >= 0.3 is 0 Å². The van der Waals surface area contributed by atoms with Gasteiger partial charge in [0, 0.05) is 37.3 Å². The first-order valence-electron chi connectivity index (χ1n) is 10.0. The minimum Gasteiger partial charge on any atom is -0.398 e. The fourth-order valence-electron chi connectivity index (χ4n) is 4.29. The van der Waals surface area contributed by atoms with E-state index in [1.54, 1.807) is 24.3 Å². The van der Waals surface area contributed by atoms with Crippen molar-refractivity contribution < 1.29 is 4.39 Å². The average molecular weight is 375 g/mol. The second-order valence-corrected chi connectivity index (χ2v) is 8.06. The van der Waals surface area contributed by atoms with Gasteiger partial charge in [0.25, 0.3) is 0 Å². The van der Waals surface area contributed by atoms with E-state index < -0.39 is 5.67 Å². The van der Waals surface area contributed by atoms with Gasteiger partial charge in [0.05, 0.1) is 11.6 Å². The largest absolute Gasteiger partial charge is 0.398 e. The monoisotopic (exact) mass is 375 g/mol. The molecular formula is C24H26FN3. The van der Waals surface area contributed by atoms with Crippen LogP contribution in [0.5, 0.6) is 0 Å². The van der Waals surface area contributed by atoms with Crippen LogP contribution in [0.2, 0.25) is 0 Å². The summed E-state index contributed by atoms with van der Waals surface area (Å²) in [7, 11) is 0. The lowest BCUT2D eigenvalue weighted by molar-refractivity contribution is 0.0794. The van der Waals surface area contributed by atoms with Crippen LogP contribution in [0, 0.1) is 11.3 Å². The summed E-state index contributed by atoms with van der Waals surface area (Å²) in [6.45, 7) is 5.47.